The Bertz CT molecular complexity index is 257. The Hall–Kier alpha value is -1.06. The normalized spacial score (nSPS) is 24.9. The molecule has 2 fully saturated rings. The molecule has 2 rings (SSSR count). The fourth-order valence-electron chi connectivity index (χ4n) is 2.48. The van der Waals surface area contributed by atoms with Crippen LogP contribution in [-0.4, -0.2) is 35.8 Å². The third-order valence-electron chi connectivity index (χ3n) is 3.34. The number of amides is 2. The fraction of sp³-hybridized carbons (Fsp3) is 0.818. The lowest BCUT2D eigenvalue weighted by atomic mass is 10.1. The second kappa shape index (κ2) is 4.64. The van der Waals surface area contributed by atoms with Gasteiger partial charge in [-0.2, -0.15) is 0 Å². The highest BCUT2D eigenvalue weighted by atomic mass is 16.2. The molecular weight excluding hydrogens is 192 g/mol. The van der Waals surface area contributed by atoms with Crippen molar-refractivity contribution in [1.29, 1.82) is 0 Å². The van der Waals surface area contributed by atoms with Crippen LogP contribution in [0, 0.1) is 0 Å². The van der Waals surface area contributed by atoms with Gasteiger partial charge in [0.25, 0.3) is 0 Å². The van der Waals surface area contributed by atoms with Crippen LogP contribution in [0.25, 0.3) is 0 Å². The summed E-state index contributed by atoms with van der Waals surface area (Å²) in [6.07, 6.45) is 7.06. The van der Waals surface area contributed by atoms with E-state index in [4.69, 9.17) is 0 Å². The number of hydrogen-bond donors (Lipinski definition) is 1. The van der Waals surface area contributed by atoms with E-state index < -0.39 is 0 Å². The maximum atomic E-state index is 11.7. The molecule has 0 aromatic carbocycles. The van der Waals surface area contributed by atoms with Crippen LogP contribution in [0.15, 0.2) is 0 Å². The Morgan fingerprint density at radius 1 is 1.07 bits per heavy atom. The average Bonchev–Trinajstić information content (AvgIpc) is 2.50. The van der Waals surface area contributed by atoms with Crippen molar-refractivity contribution >= 4 is 11.8 Å². The van der Waals surface area contributed by atoms with Crippen LogP contribution in [-0.2, 0) is 9.59 Å². The van der Waals surface area contributed by atoms with Crippen LogP contribution >= 0.6 is 0 Å². The monoisotopic (exact) mass is 210 g/mol. The second-order valence-electron chi connectivity index (χ2n) is 4.44. The zero-order valence-electron chi connectivity index (χ0n) is 9.00. The van der Waals surface area contributed by atoms with Crippen molar-refractivity contribution in [2.75, 3.05) is 13.1 Å². The standard InChI is InChI=1S/C11H18N2O2/c14-10-8-13(11(15)7-12-10)9-5-3-1-2-4-6-9/h9H,1-8H2,(H,12,14). The average molecular weight is 210 g/mol. The quantitative estimate of drug-likeness (QED) is 0.647. The van der Waals surface area contributed by atoms with Crippen molar-refractivity contribution in [2.45, 2.75) is 44.6 Å². The largest absolute Gasteiger partial charge is 0.345 e. The summed E-state index contributed by atoms with van der Waals surface area (Å²) < 4.78 is 0. The summed E-state index contributed by atoms with van der Waals surface area (Å²) in [5, 5.41) is 2.59. The third kappa shape index (κ3) is 2.49. The summed E-state index contributed by atoms with van der Waals surface area (Å²) in [7, 11) is 0. The molecule has 15 heavy (non-hydrogen) atoms. The molecule has 4 nitrogen and oxygen atoms in total. The maximum absolute atomic E-state index is 11.7. The Balaban J connectivity index is 1.99. The molecule has 1 aliphatic heterocycles. The number of carbonyl (C=O) groups excluding carboxylic acids is 2. The van der Waals surface area contributed by atoms with Gasteiger partial charge >= 0.3 is 0 Å². The molecule has 1 saturated heterocycles. The molecule has 4 heteroatoms. The van der Waals surface area contributed by atoms with Gasteiger partial charge in [0, 0.05) is 6.04 Å². The Morgan fingerprint density at radius 2 is 1.73 bits per heavy atom. The SMILES string of the molecule is O=C1CN(C2CCCCCC2)C(=O)CN1. The van der Waals surface area contributed by atoms with E-state index in [9.17, 15) is 9.59 Å². The minimum Gasteiger partial charge on any atom is -0.345 e. The van der Waals surface area contributed by atoms with E-state index in [0.29, 0.717) is 6.04 Å². The summed E-state index contributed by atoms with van der Waals surface area (Å²) in [5.41, 5.74) is 0. The van der Waals surface area contributed by atoms with Gasteiger partial charge in [0.05, 0.1) is 13.1 Å². The van der Waals surface area contributed by atoms with E-state index in [1.165, 1.54) is 25.7 Å². The molecule has 84 valence electrons. The molecule has 0 aromatic rings. The van der Waals surface area contributed by atoms with Gasteiger partial charge in [-0.3, -0.25) is 9.59 Å². The topological polar surface area (TPSA) is 49.4 Å². The van der Waals surface area contributed by atoms with Crippen molar-refractivity contribution in [3.8, 4) is 0 Å². The number of nitrogens with zero attached hydrogens (tertiary/aromatic N) is 1. The van der Waals surface area contributed by atoms with Crippen molar-refractivity contribution in [1.82, 2.24) is 10.2 Å². The third-order valence-corrected chi connectivity index (χ3v) is 3.34. The van der Waals surface area contributed by atoms with Crippen LogP contribution in [0.1, 0.15) is 38.5 Å². The van der Waals surface area contributed by atoms with Crippen LogP contribution in [0.2, 0.25) is 0 Å². The fourth-order valence-corrected chi connectivity index (χ4v) is 2.48. The first-order valence-corrected chi connectivity index (χ1v) is 5.83. The maximum Gasteiger partial charge on any atom is 0.242 e. The lowest BCUT2D eigenvalue weighted by molar-refractivity contribution is -0.143. The van der Waals surface area contributed by atoms with E-state index in [2.05, 4.69) is 5.32 Å². The van der Waals surface area contributed by atoms with Crippen molar-refractivity contribution < 1.29 is 9.59 Å². The molecule has 1 aliphatic carbocycles. The summed E-state index contributed by atoms with van der Waals surface area (Å²) in [4.78, 5) is 24.7. The van der Waals surface area contributed by atoms with Gasteiger partial charge in [-0.15, -0.1) is 0 Å². The van der Waals surface area contributed by atoms with Gasteiger partial charge in [-0.25, -0.2) is 0 Å². The summed E-state index contributed by atoms with van der Waals surface area (Å²) in [6, 6.07) is 0.311. The minimum atomic E-state index is -0.0150. The molecule has 0 radical (unpaired) electrons. The lowest BCUT2D eigenvalue weighted by Gasteiger charge is -2.33. The Morgan fingerprint density at radius 3 is 2.40 bits per heavy atom. The summed E-state index contributed by atoms with van der Waals surface area (Å²) in [6.45, 7) is 0.457. The second-order valence-corrected chi connectivity index (χ2v) is 4.44. The molecule has 0 bridgehead atoms. The molecule has 2 amide bonds. The number of piperazine rings is 1. The number of nitrogens with one attached hydrogen (secondary N) is 1. The molecule has 0 aromatic heterocycles. The van der Waals surface area contributed by atoms with Crippen LogP contribution in [0.4, 0.5) is 0 Å². The van der Waals surface area contributed by atoms with E-state index >= 15 is 0 Å². The Labute approximate surface area is 90.0 Å². The van der Waals surface area contributed by atoms with E-state index in [-0.39, 0.29) is 24.9 Å². The molecular formula is C11H18N2O2. The van der Waals surface area contributed by atoms with Gasteiger partial charge in [0.1, 0.15) is 0 Å². The van der Waals surface area contributed by atoms with Crippen molar-refractivity contribution in [3.05, 3.63) is 0 Å². The number of carbonyl (C=O) groups is 2. The molecule has 1 N–H and O–H groups in total. The Kier molecular flexibility index (Phi) is 3.23. The summed E-state index contributed by atoms with van der Waals surface area (Å²) in [5.74, 6) is 0.0698. The van der Waals surface area contributed by atoms with Gasteiger partial charge < -0.3 is 10.2 Å². The molecule has 2 aliphatic rings. The molecule has 0 atom stereocenters. The predicted molar refractivity (Wildman–Crippen MR) is 56.2 cm³/mol. The van der Waals surface area contributed by atoms with E-state index in [1.807, 2.05) is 0 Å². The van der Waals surface area contributed by atoms with Gasteiger partial charge in [-0.05, 0) is 12.8 Å². The van der Waals surface area contributed by atoms with Crippen molar-refractivity contribution in [2.24, 2.45) is 0 Å². The van der Waals surface area contributed by atoms with Gasteiger partial charge in [-0.1, -0.05) is 25.7 Å². The highest BCUT2D eigenvalue weighted by Crippen LogP contribution is 2.22. The van der Waals surface area contributed by atoms with Gasteiger partial charge in [0.15, 0.2) is 0 Å². The van der Waals surface area contributed by atoms with E-state index in [0.717, 1.165) is 12.8 Å². The first kappa shape index (κ1) is 10.5. The lowest BCUT2D eigenvalue weighted by Crippen LogP contribution is -2.55. The minimum absolute atomic E-state index is 0.0150. The highest BCUT2D eigenvalue weighted by Gasteiger charge is 2.29. The zero-order valence-corrected chi connectivity index (χ0v) is 9.00. The smallest absolute Gasteiger partial charge is 0.242 e. The molecule has 0 unspecified atom stereocenters. The molecule has 0 spiro atoms. The summed E-state index contributed by atoms with van der Waals surface area (Å²) >= 11 is 0. The van der Waals surface area contributed by atoms with Crippen molar-refractivity contribution in [3.63, 3.8) is 0 Å². The predicted octanol–water partition coefficient (Wildman–Crippen LogP) is 0.668. The van der Waals surface area contributed by atoms with Gasteiger partial charge in [0.2, 0.25) is 11.8 Å². The molecule has 1 heterocycles. The number of hydrogen-bond acceptors (Lipinski definition) is 2. The number of rotatable bonds is 1. The molecule has 1 saturated carbocycles. The first-order chi connectivity index (χ1) is 7.27. The van der Waals surface area contributed by atoms with Crippen LogP contribution in [0.3, 0.4) is 0 Å². The van der Waals surface area contributed by atoms with E-state index in [1.54, 1.807) is 4.90 Å². The highest BCUT2D eigenvalue weighted by molar-refractivity contribution is 5.92. The van der Waals surface area contributed by atoms with Crippen LogP contribution < -0.4 is 5.32 Å². The zero-order chi connectivity index (χ0) is 10.7. The first-order valence-electron chi connectivity index (χ1n) is 5.83. The van der Waals surface area contributed by atoms with Crippen LogP contribution in [0.5, 0.6) is 0 Å².